The van der Waals surface area contributed by atoms with Crippen molar-refractivity contribution in [1.29, 1.82) is 0 Å². The smallest absolute Gasteiger partial charge is 0.142 e. The highest BCUT2D eigenvalue weighted by molar-refractivity contribution is 5.95. The summed E-state index contributed by atoms with van der Waals surface area (Å²) in [6.07, 6.45) is 7.82. The molecule has 0 aromatic carbocycles. The van der Waals surface area contributed by atoms with Crippen LogP contribution in [0.5, 0.6) is 0 Å². The minimum absolute atomic E-state index is 0.568. The number of aromatic nitrogens is 6. The molecule has 27 heavy (non-hydrogen) atoms. The Morgan fingerprint density at radius 3 is 2.93 bits per heavy atom. The molecule has 7 heteroatoms. The number of imidazole rings is 1. The van der Waals surface area contributed by atoms with Gasteiger partial charge in [0, 0.05) is 35.1 Å². The van der Waals surface area contributed by atoms with Gasteiger partial charge in [-0.15, -0.1) is 0 Å². The van der Waals surface area contributed by atoms with Crippen LogP contribution in [0.1, 0.15) is 30.1 Å². The summed E-state index contributed by atoms with van der Waals surface area (Å²) >= 11 is 0. The first kappa shape index (κ1) is 14.7. The van der Waals surface area contributed by atoms with Gasteiger partial charge in [-0.05, 0) is 38.0 Å². The summed E-state index contributed by atoms with van der Waals surface area (Å²) < 4.78 is 0. The summed E-state index contributed by atoms with van der Waals surface area (Å²) in [5.41, 5.74) is 8.05. The zero-order valence-corrected chi connectivity index (χ0v) is 14.7. The molecular formula is C20H17N7. The third-order valence-electron chi connectivity index (χ3n) is 5.31. The molecule has 0 saturated heterocycles. The van der Waals surface area contributed by atoms with Crippen molar-refractivity contribution in [2.75, 3.05) is 5.32 Å². The zero-order chi connectivity index (χ0) is 18.0. The number of nitrogens with zero attached hydrogens (tertiary/aromatic N) is 4. The number of fused-ring (bicyclic) bond motifs is 5. The van der Waals surface area contributed by atoms with E-state index in [0.29, 0.717) is 5.92 Å². The largest absolute Gasteiger partial charge is 0.338 e. The lowest BCUT2D eigenvalue weighted by atomic mass is 10.1. The second-order valence-corrected chi connectivity index (χ2v) is 7.13. The van der Waals surface area contributed by atoms with Crippen molar-refractivity contribution in [2.24, 2.45) is 0 Å². The Hall–Kier alpha value is -3.48. The molecule has 0 unspecified atom stereocenters. The van der Waals surface area contributed by atoms with Gasteiger partial charge in [-0.1, -0.05) is 0 Å². The molecule has 2 aliphatic rings. The zero-order valence-electron chi connectivity index (χ0n) is 14.7. The molecule has 0 bridgehead atoms. The van der Waals surface area contributed by atoms with Gasteiger partial charge in [0.25, 0.3) is 0 Å². The number of rotatable bonds is 2. The van der Waals surface area contributed by atoms with Gasteiger partial charge in [0.1, 0.15) is 17.3 Å². The molecule has 1 aliphatic carbocycles. The van der Waals surface area contributed by atoms with Gasteiger partial charge in [-0.3, -0.25) is 10.1 Å². The molecule has 0 radical (unpaired) electrons. The quantitative estimate of drug-likeness (QED) is 0.442. The van der Waals surface area contributed by atoms with Gasteiger partial charge in [0.05, 0.1) is 28.8 Å². The van der Waals surface area contributed by atoms with Gasteiger partial charge in [-0.2, -0.15) is 5.10 Å². The predicted octanol–water partition coefficient (Wildman–Crippen LogP) is 4.17. The minimum Gasteiger partial charge on any atom is -0.338 e. The Bertz CT molecular complexity index is 1120. The maximum Gasteiger partial charge on any atom is 0.142 e. The van der Waals surface area contributed by atoms with E-state index in [1.54, 1.807) is 12.4 Å². The van der Waals surface area contributed by atoms with Crippen LogP contribution in [0.15, 0.2) is 36.8 Å². The molecule has 1 fully saturated rings. The molecule has 3 N–H and O–H groups in total. The Morgan fingerprint density at radius 2 is 2.04 bits per heavy atom. The first-order valence-corrected chi connectivity index (χ1v) is 9.11. The first-order valence-electron chi connectivity index (χ1n) is 9.11. The summed E-state index contributed by atoms with van der Waals surface area (Å²) in [6, 6.07) is 5.98. The van der Waals surface area contributed by atoms with Crippen molar-refractivity contribution in [1.82, 2.24) is 30.1 Å². The van der Waals surface area contributed by atoms with E-state index in [0.717, 1.165) is 51.1 Å². The van der Waals surface area contributed by atoms with E-state index in [1.807, 2.05) is 31.3 Å². The van der Waals surface area contributed by atoms with Crippen LogP contribution in [0.25, 0.3) is 33.9 Å². The van der Waals surface area contributed by atoms with Crippen LogP contribution in [0.4, 0.5) is 11.5 Å². The Kier molecular flexibility index (Phi) is 2.86. The van der Waals surface area contributed by atoms with Crippen molar-refractivity contribution >= 4 is 11.5 Å². The van der Waals surface area contributed by atoms with E-state index in [9.17, 15) is 0 Å². The van der Waals surface area contributed by atoms with Crippen molar-refractivity contribution < 1.29 is 0 Å². The molecule has 4 aromatic rings. The van der Waals surface area contributed by atoms with E-state index in [-0.39, 0.29) is 0 Å². The van der Waals surface area contributed by atoms with E-state index in [1.165, 1.54) is 18.5 Å². The van der Waals surface area contributed by atoms with E-state index < -0.39 is 0 Å². The van der Waals surface area contributed by atoms with E-state index in [4.69, 9.17) is 4.98 Å². The number of pyridine rings is 2. The van der Waals surface area contributed by atoms with Crippen LogP contribution in [-0.4, -0.2) is 30.1 Å². The fraction of sp³-hybridized carbons (Fsp3) is 0.200. The number of nitrogens with one attached hydrogen (secondary N) is 3. The molecule has 6 rings (SSSR count). The summed E-state index contributed by atoms with van der Waals surface area (Å²) in [4.78, 5) is 17.4. The number of anilines is 2. The number of hydrogen-bond donors (Lipinski definition) is 3. The number of hydrogen-bond acceptors (Lipinski definition) is 5. The van der Waals surface area contributed by atoms with Crippen LogP contribution >= 0.6 is 0 Å². The highest BCUT2D eigenvalue weighted by Crippen LogP contribution is 2.46. The number of aryl methyl sites for hydroxylation is 1. The Labute approximate surface area is 155 Å². The van der Waals surface area contributed by atoms with Crippen molar-refractivity contribution in [2.45, 2.75) is 25.7 Å². The highest BCUT2D eigenvalue weighted by atomic mass is 15.1. The molecule has 1 saturated carbocycles. The molecular weight excluding hydrogens is 338 g/mol. The molecule has 7 nitrogen and oxygen atoms in total. The lowest BCUT2D eigenvalue weighted by Gasteiger charge is -2.08. The maximum absolute atomic E-state index is 5.01. The van der Waals surface area contributed by atoms with Gasteiger partial charge in [-0.25, -0.2) is 9.97 Å². The van der Waals surface area contributed by atoms with Gasteiger partial charge < -0.3 is 10.3 Å². The summed E-state index contributed by atoms with van der Waals surface area (Å²) in [5.74, 6) is 2.21. The third kappa shape index (κ3) is 2.14. The highest BCUT2D eigenvalue weighted by Gasteiger charge is 2.32. The third-order valence-corrected chi connectivity index (χ3v) is 5.31. The summed E-state index contributed by atoms with van der Waals surface area (Å²) in [5, 5.41) is 11.1. The van der Waals surface area contributed by atoms with Crippen LogP contribution in [-0.2, 0) is 0 Å². The second kappa shape index (κ2) is 5.26. The Morgan fingerprint density at radius 1 is 1.11 bits per heavy atom. The number of aromatic amines is 2. The fourth-order valence-corrected chi connectivity index (χ4v) is 3.83. The Balaban J connectivity index is 1.63. The lowest BCUT2D eigenvalue weighted by molar-refractivity contribution is 0.954. The molecule has 1 aliphatic heterocycles. The molecule has 4 aromatic heterocycles. The van der Waals surface area contributed by atoms with Gasteiger partial charge in [0.2, 0.25) is 0 Å². The average Bonchev–Trinajstić information content (AvgIpc) is 3.36. The van der Waals surface area contributed by atoms with Crippen LogP contribution in [0, 0.1) is 6.92 Å². The molecule has 132 valence electrons. The maximum atomic E-state index is 5.01. The summed E-state index contributed by atoms with van der Waals surface area (Å²) in [7, 11) is 0. The van der Waals surface area contributed by atoms with Crippen LogP contribution in [0.3, 0.4) is 0 Å². The molecule has 0 spiro atoms. The van der Waals surface area contributed by atoms with Crippen LogP contribution < -0.4 is 5.32 Å². The number of H-pyrrole nitrogens is 2. The lowest BCUT2D eigenvalue weighted by Crippen LogP contribution is -1.96. The fourth-order valence-electron chi connectivity index (χ4n) is 3.83. The van der Waals surface area contributed by atoms with Gasteiger partial charge >= 0.3 is 0 Å². The van der Waals surface area contributed by atoms with Crippen molar-refractivity contribution in [3.8, 4) is 33.9 Å². The molecule has 5 heterocycles. The van der Waals surface area contributed by atoms with Crippen molar-refractivity contribution in [3.63, 3.8) is 0 Å². The van der Waals surface area contributed by atoms with Crippen molar-refractivity contribution in [3.05, 3.63) is 48.2 Å². The SMILES string of the molecule is Cc1n[nH]c(C2CC2)c1-c1nc2c([nH]1)-c1ccncc1Nc1ncccc1-2. The topological polar surface area (TPSA) is 95.2 Å². The van der Waals surface area contributed by atoms with Crippen LogP contribution in [0.2, 0.25) is 0 Å². The summed E-state index contributed by atoms with van der Waals surface area (Å²) in [6.45, 7) is 2.03. The minimum atomic E-state index is 0.568. The first-order chi connectivity index (χ1) is 13.3. The van der Waals surface area contributed by atoms with E-state index in [2.05, 4.69) is 30.5 Å². The predicted molar refractivity (Wildman–Crippen MR) is 103 cm³/mol. The van der Waals surface area contributed by atoms with Gasteiger partial charge in [0.15, 0.2) is 0 Å². The second-order valence-electron chi connectivity index (χ2n) is 7.13. The molecule has 0 atom stereocenters. The normalized spacial score (nSPS) is 14.7. The standard InChI is InChI=1S/C20H17N7/c1-10-15(16(27-26-10)11-4-5-11)20-24-17-12-6-8-21-9-14(12)23-19-13(18(17)25-20)3-2-7-22-19/h2-3,6-9,11H,4-5H2,1H3,(H,22,23)(H,24,25)(H,26,27). The molecule has 0 amide bonds. The van der Waals surface area contributed by atoms with E-state index >= 15 is 0 Å². The average molecular weight is 355 g/mol. The monoisotopic (exact) mass is 355 g/mol.